The third-order valence-electron chi connectivity index (χ3n) is 3.82. The maximum atomic E-state index is 5.80. The zero-order chi connectivity index (χ0) is 12.6. The lowest BCUT2D eigenvalue weighted by atomic mass is 10.00. The van der Waals surface area contributed by atoms with Crippen molar-refractivity contribution in [3.8, 4) is 0 Å². The van der Waals surface area contributed by atoms with E-state index in [1.165, 1.54) is 29.8 Å². The smallest absolute Gasteiger partial charge is 0.0801 e. The molecule has 3 rings (SSSR count). The van der Waals surface area contributed by atoms with Gasteiger partial charge < -0.3 is 15.0 Å². The van der Waals surface area contributed by atoms with Crippen molar-refractivity contribution in [2.24, 2.45) is 0 Å². The van der Waals surface area contributed by atoms with Gasteiger partial charge in [-0.1, -0.05) is 12.1 Å². The van der Waals surface area contributed by atoms with Crippen molar-refractivity contribution in [2.75, 3.05) is 36.5 Å². The van der Waals surface area contributed by atoms with Gasteiger partial charge in [0.25, 0.3) is 0 Å². The number of morpholine rings is 1. The highest BCUT2D eigenvalue weighted by molar-refractivity contribution is 5.74. The molecule has 3 nitrogen and oxygen atoms in total. The van der Waals surface area contributed by atoms with Crippen LogP contribution in [0, 0.1) is 0 Å². The van der Waals surface area contributed by atoms with Crippen molar-refractivity contribution >= 4 is 11.4 Å². The summed E-state index contributed by atoms with van der Waals surface area (Å²) in [4.78, 5) is 2.46. The molecule has 0 amide bonds. The summed E-state index contributed by atoms with van der Waals surface area (Å²) in [6, 6.07) is 6.67. The molecule has 1 N–H and O–H groups in total. The van der Waals surface area contributed by atoms with Gasteiger partial charge in [0.15, 0.2) is 0 Å². The van der Waals surface area contributed by atoms with Crippen LogP contribution in [0.25, 0.3) is 0 Å². The molecule has 0 spiro atoms. The number of aryl methyl sites for hydroxylation is 1. The Morgan fingerprint density at radius 1 is 1.33 bits per heavy atom. The van der Waals surface area contributed by atoms with E-state index >= 15 is 0 Å². The van der Waals surface area contributed by atoms with Gasteiger partial charge >= 0.3 is 0 Å². The molecule has 3 heteroatoms. The molecule has 2 aliphatic heterocycles. The van der Waals surface area contributed by atoms with E-state index in [1.807, 2.05) is 0 Å². The van der Waals surface area contributed by atoms with Gasteiger partial charge in [0.1, 0.15) is 0 Å². The Kier molecular flexibility index (Phi) is 2.94. The average molecular weight is 246 g/mol. The standard InChI is InChI=1S/C15H22N2O/c1-15(2)11-17(9-10-18-15)13-7-3-5-12-6-4-8-16-14(12)13/h3,5,7,16H,4,6,8-11H2,1-2H3. The van der Waals surface area contributed by atoms with Crippen molar-refractivity contribution in [1.82, 2.24) is 0 Å². The van der Waals surface area contributed by atoms with Gasteiger partial charge in [-0.2, -0.15) is 0 Å². The summed E-state index contributed by atoms with van der Waals surface area (Å²) in [5.74, 6) is 0. The quantitative estimate of drug-likeness (QED) is 0.824. The monoisotopic (exact) mass is 246 g/mol. The summed E-state index contributed by atoms with van der Waals surface area (Å²) in [6.07, 6.45) is 2.44. The number of benzene rings is 1. The molecule has 1 fully saturated rings. The summed E-state index contributed by atoms with van der Waals surface area (Å²) in [7, 11) is 0. The van der Waals surface area contributed by atoms with Crippen molar-refractivity contribution in [2.45, 2.75) is 32.3 Å². The van der Waals surface area contributed by atoms with E-state index in [0.717, 1.165) is 26.2 Å². The largest absolute Gasteiger partial charge is 0.383 e. The van der Waals surface area contributed by atoms with E-state index in [2.05, 4.69) is 42.3 Å². The number of hydrogen-bond acceptors (Lipinski definition) is 3. The predicted molar refractivity (Wildman–Crippen MR) is 75.5 cm³/mol. The lowest BCUT2D eigenvalue weighted by Crippen LogP contribution is -2.48. The molecule has 0 radical (unpaired) electrons. The first-order chi connectivity index (χ1) is 8.66. The van der Waals surface area contributed by atoms with Crippen LogP contribution in [0.2, 0.25) is 0 Å². The van der Waals surface area contributed by atoms with Gasteiger partial charge in [0, 0.05) is 19.6 Å². The van der Waals surface area contributed by atoms with Crippen molar-refractivity contribution in [3.63, 3.8) is 0 Å². The zero-order valence-corrected chi connectivity index (χ0v) is 11.3. The molecular weight excluding hydrogens is 224 g/mol. The van der Waals surface area contributed by atoms with Crippen LogP contribution in [-0.2, 0) is 11.2 Å². The van der Waals surface area contributed by atoms with Crippen LogP contribution < -0.4 is 10.2 Å². The SMILES string of the molecule is CC1(C)CN(c2cccc3c2NCCC3)CCO1. The molecule has 98 valence electrons. The second-order valence-electron chi connectivity index (χ2n) is 5.87. The van der Waals surface area contributed by atoms with Crippen molar-refractivity contribution in [1.29, 1.82) is 0 Å². The maximum Gasteiger partial charge on any atom is 0.0801 e. The Labute approximate surface area is 109 Å². The highest BCUT2D eigenvalue weighted by Crippen LogP contribution is 2.34. The first-order valence-corrected chi connectivity index (χ1v) is 6.90. The zero-order valence-electron chi connectivity index (χ0n) is 11.3. The van der Waals surface area contributed by atoms with Crippen LogP contribution in [0.15, 0.2) is 18.2 Å². The number of rotatable bonds is 1. The number of nitrogens with zero attached hydrogens (tertiary/aromatic N) is 1. The molecule has 0 bridgehead atoms. The van der Waals surface area contributed by atoms with E-state index in [-0.39, 0.29) is 5.60 Å². The molecule has 1 aromatic carbocycles. The summed E-state index contributed by atoms with van der Waals surface area (Å²) >= 11 is 0. The normalized spacial score (nSPS) is 22.2. The van der Waals surface area contributed by atoms with Gasteiger partial charge in [-0.25, -0.2) is 0 Å². The second-order valence-corrected chi connectivity index (χ2v) is 5.87. The molecule has 0 aliphatic carbocycles. The van der Waals surface area contributed by atoms with Gasteiger partial charge in [-0.05, 0) is 38.3 Å². The van der Waals surface area contributed by atoms with Crippen molar-refractivity contribution in [3.05, 3.63) is 23.8 Å². The first-order valence-electron chi connectivity index (χ1n) is 6.90. The van der Waals surface area contributed by atoms with E-state index < -0.39 is 0 Å². The first kappa shape index (κ1) is 11.8. The molecule has 2 heterocycles. The maximum absolute atomic E-state index is 5.80. The van der Waals surface area contributed by atoms with Crippen LogP contribution >= 0.6 is 0 Å². The number of para-hydroxylation sites is 1. The van der Waals surface area contributed by atoms with Crippen LogP contribution in [0.5, 0.6) is 0 Å². The summed E-state index contributed by atoms with van der Waals surface area (Å²) in [6.45, 7) is 8.20. The minimum atomic E-state index is -0.0460. The average Bonchev–Trinajstić information content (AvgIpc) is 2.37. The molecule has 2 aliphatic rings. The minimum Gasteiger partial charge on any atom is -0.383 e. The molecular formula is C15H22N2O. The van der Waals surface area contributed by atoms with Gasteiger partial charge in [-0.15, -0.1) is 0 Å². The van der Waals surface area contributed by atoms with E-state index in [0.29, 0.717) is 0 Å². The molecule has 18 heavy (non-hydrogen) atoms. The third-order valence-corrected chi connectivity index (χ3v) is 3.82. The Bertz CT molecular complexity index is 442. The second kappa shape index (κ2) is 4.47. The topological polar surface area (TPSA) is 24.5 Å². The number of fused-ring (bicyclic) bond motifs is 1. The highest BCUT2D eigenvalue weighted by Gasteiger charge is 2.29. The lowest BCUT2D eigenvalue weighted by Gasteiger charge is -2.40. The van der Waals surface area contributed by atoms with Gasteiger partial charge in [0.05, 0.1) is 23.6 Å². The summed E-state index contributed by atoms with van der Waals surface area (Å²) in [5, 5.41) is 3.57. The van der Waals surface area contributed by atoms with E-state index in [1.54, 1.807) is 0 Å². The van der Waals surface area contributed by atoms with E-state index in [4.69, 9.17) is 4.74 Å². The fourth-order valence-electron chi connectivity index (χ4n) is 2.98. The third kappa shape index (κ3) is 2.19. The van der Waals surface area contributed by atoms with Crippen LogP contribution in [-0.4, -0.2) is 31.8 Å². The number of nitrogens with one attached hydrogen (secondary N) is 1. The molecule has 0 unspecified atom stereocenters. The predicted octanol–water partition coefficient (Wildman–Crippen LogP) is 2.66. The molecule has 0 atom stereocenters. The lowest BCUT2D eigenvalue weighted by molar-refractivity contribution is -0.0276. The Morgan fingerprint density at radius 3 is 3.06 bits per heavy atom. The van der Waals surface area contributed by atoms with Crippen molar-refractivity contribution < 1.29 is 4.74 Å². The Hall–Kier alpha value is -1.22. The Balaban J connectivity index is 1.92. The fraction of sp³-hybridized carbons (Fsp3) is 0.600. The Morgan fingerprint density at radius 2 is 2.22 bits per heavy atom. The highest BCUT2D eigenvalue weighted by atomic mass is 16.5. The van der Waals surface area contributed by atoms with Crippen LogP contribution in [0.3, 0.4) is 0 Å². The fourth-order valence-corrected chi connectivity index (χ4v) is 2.98. The number of anilines is 2. The summed E-state index contributed by atoms with van der Waals surface area (Å²) in [5.41, 5.74) is 4.11. The van der Waals surface area contributed by atoms with E-state index in [9.17, 15) is 0 Å². The molecule has 0 saturated carbocycles. The minimum absolute atomic E-state index is 0.0460. The number of ether oxygens (including phenoxy) is 1. The van der Waals surface area contributed by atoms with Gasteiger partial charge in [-0.3, -0.25) is 0 Å². The molecule has 1 saturated heterocycles. The molecule has 0 aromatic heterocycles. The number of hydrogen-bond donors (Lipinski definition) is 1. The summed E-state index contributed by atoms with van der Waals surface area (Å²) < 4.78 is 5.80. The molecule has 1 aromatic rings. The van der Waals surface area contributed by atoms with Crippen LogP contribution in [0.4, 0.5) is 11.4 Å². The van der Waals surface area contributed by atoms with Crippen LogP contribution in [0.1, 0.15) is 25.8 Å². The van der Waals surface area contributed by atoms with Gasteiger partial charge in [0.2, 0.25) is 0 Å².